The second kappa shape index (κ2) is 31.4. The molecule has 0 spiro atoms. The Bertz CT molecular complexity index is 2560. The van der Waals surface area contributed by atoms with Gasteiger partial charge in [0.1, 0.15) is 29.4 Å². The average Bonchev–Trinajstić information content (AvgIpc) is 4.19. The number of methoxy groups -OCH3 is 1. The Morgan fingerprint density at radius 1 is 0.743 bits per heavy atom. The van der Waals surface area contributed by atoms with Crippen LogP contribution in [0.25, 0.3) is 6.08 Å². The molecule has 2 aliphatic carbocycles. The van der Waals surface area contributed by atoms with E-state index in [1.165, 1.54) is 76.6 Å². The van der Waals surface area contributed by atoms with Crippen LogP contribution in [0.2, 0.25) is 5.02 Å². The van der Waals surface area contributed by atoms with Crippen molar-refractivity contribution in [2.24, 2.45) is 5.92 Å². The lowest BCUT2D eigenvalue weighted by molar-refractivity contribution is 0.114. The van der Waals surface area contributed by atoms with Crippen LogP contribution in [0.4, 0.5) is 0 Å². The van der Waals surface area contributed by atoms with Gasteiger partial charge in [-0.15, -0.1) is 12.3 Å². The smallest absolute Gasteiger partial charge is 0.174 e. The molecule has 8 rings (SSSR count). The normalized spacial score (nSPS) is 14.8. The molecule has 1 aromatic heterocycles. The summed E-state index contributed by atoms with van der Waals surface area (Å²) in [6, 6.07) is 29.7. The van der Waals surface area contributed by atoms with Crippen LogP contribution in [0.15, 0.2) is 96.8 Å². The van der Waals surface area contributed by atoms with Crippen LogP contribution >= 0.6 is 11.6 Å². The number of nitrogens with zero attached hydrogens (tertiary/aromatic N) is 4. The first kappa shape index (κ1) is 61.1. The van der Waals surface area contributed by atoms with E-state index in [9.17, 15) is 0 Å². The third-order valence-corrected chi connectivity index (χ3v) is 14.7. The SMILES string of the molecule is C#CCC1=Cc2cc(C(C)C)ccc2C1.CC(C)c1ccc(OC2CCN(C)CC2)c(Cl)c1.CC(C)c1ccccc1OCC#N.CCC(C1CCCC1)n1cc(C(C)C)cn1.COc1ccc(C(C)C)cc1C. The summed E-state index contributed by atoms with van der Waals surface area (Å²) < 4.78 is 18.7. The minimum absolute atomic E-state index is 0.115. The molecule has 400 valence electrons. The van der Waals surface area contributed by atoms with Crippen molar-refractivity contribution >= 4 is 17.7 Å². The molecule has 2 fully saturated rings. The monoisotopic (exact) mass is 1020 g/mol. The molecular formula is C66H91ClN4O3. The third-order valence-electron chi connectivity index (χ3n) is 14.4. The summed E-state index contributed by atoms with van der Waals surface area (Å²) in [6.45, 7) is 28.5. The fourth-order valence-corrected chi connectivity index (χ4v) is 9.89. The Balaban J connectivity index is 0.000000202. The number of aryl methyl sites for hydroxylation is 1. The van der Waals surface area contributed by atoms with Crippen molar-refractivity contribution in [1.29, 1.82) is 5.26 Å². The van der Waals surface area contributed by atoms with Crippen LogP contribution < -0.4 is 14.2 Å². The Kier molecular flexibility index (Phi) is 25.9. The lowest BCUT2D eigenvalue weighted by atomic mass is 9.96. The largest absolute Gasteiger partial charge is 0.496 e. The molecule has 1 saturated carbocycles. The zero-order valence-corrected chi connectivity index (χ0v) is 48.6. The second-order valence-electron chi connectivity index (χ2n) is 21.9. The highest BCUT2D eigenvalue weighted by Gasteiger charge is 2.26. The van der Waals surface area contributed by atoms with Gasteiger partial charge in [0.05, 0.1) is 24.4 Å². The summed E-state index contributed by atoms with van der Waals surface area (Å²) in [7, 11) is 3.86. The first-order valence-corrected chi connectivity index (χ1v) is 27.9. The quantitative estimate of drug-likeness (QED) is 0.103. The number of terminal acetylenes is 1. The zero-order valence-electron chi connectivity index (χ0n) is 47.8. The number of piperidine rings is 1. The number of hydrogen-bond acceptors (Lipinski definition) is 6. The summed E-state index contributed by atoms with van der Waals surface area (Å²) in [5, 5.41) is 13.7. The van der Waals surface area contributed by atoms with Crippen molar-refractivity contribution in [3.8, 4) is 35.7 Å². The number of fused-ring (bicyclic) bond motifs is 1. The van der Waals surface area contributed by atoms with Gasteiger partial charge in [-0.2, -0.15) is 10.4 Å². The number of rotatable bonds is 14. The number of benzene rings is 4. The van der Waals surface area contributed by atoms with Gasteiger partial charge in [-0.3, -0.25) is 4.68 Å². The van der Waals surface area contributed by atoms with E-state index < -0.39 is 0 Å². The van der Waals surface area contributed by atoms with Gasteiger partial charge in [-0.1, -0.05) is 167 Å². The highest BCUT2D eigenvalue weighted by molar-refractivity contribution is 6.32. The van der Waals surface area contributed by atoms with E-state index in [4.69, 9.17) is 37.5 Å². The van der Waals surface area contributed by atoms with Crippen molar-refractivity contribution in [2.45, 2.75) is 183 Å². The summed E-state index contributed by atoms with van der Waals surface area (Å²) in [5.41, 5.74) is 11.9. The molecule has 4 aromatic carbocycles. The number of hydrogen-bond donors (Lipinski definition) is 0. The lowest BCUT2D eigenvalue weighted by Crippen LogP contribution is -2.35. The van der Waals surface area contributed by atoms with Crippen LogP contribution in [-0.4, -0.2) is 54.6 Å². The number of ether oxygens (including phenoxy) is 3. The van der Waals surface area contributed by atoms with E-state index in [0.29, 0.717) is 41.7 Å². The fraction of sp³-hybridized carbons (Fsp3) is 0.515. The maximum absolute atomic E-state index is 8.38. The van der Waals surface area contributed by atoms with Crippen molar-refractivity contribution in [2.75, 3.05) is 33.9 Å². The maximum Gasteiger partial charge on any atom is 0.174 e. The third kappa shape index (κ3) is 19.3. The molecule has 5 aromatic rings. The second-order valence-corrected chi connectivity index (χ2v) is 22.3. The molecule has 1 saturated heterocycles. The molecule has 3 aliphatic rings. The number of halogens is 1. The van der Waals surface area contributed by atoms with Gasteiger partial charge in [-0.05, 0) is 157 Å². The van der Waals surface area contributed by atoms with Crippen LogP contribution in [0.1, 0.15) is 208 Å². The molecule has 2 heterocycles. The molecule has 0 amide bonds. The summed E-state index contributed by atoms with van der Waals surface area (Å²) in [6.07, 6.45) is 23.0. The summed E-state index contributed by atoms with van der Waals surface area (Å²) >= 11 is 6.29. The highest BCUT2D eigenvalue weighted by Crippen LogP contribution is 2.37. The zero-order chi connectivity index (χ0) is 54.3. The van der Waals surface area contributed by atoms with E-state index in [-0.39, 0.29) is 6.61 Å². The number of likely N-dealkylation sites (tertiary alicyclic amines) is 1. The Morgan fingerprint density at radius 2 is 1.34 bits per heavy atom. The molecule has 1 atom stereocenters. The van der Waals surface area contributed by atoms with Crippen LogP contribution in [0, 0.1) is 36.5 Å². The number of nitriles is 1. The molecule has 1 aliphatic heterocycles. The Morgan fingerprint density at radius 3 is 1.88 bits per heavy atom. The minimum atomic E-state index is 0.115. The summed E-state index contributed by atoms with van der Waals surface area (Å²) in [5.74, 6) is 8.91. The first-order chi connectivity index (χ1) is 35.4. The average molecular weight is 1020 g/mol. The van der Waals surface area contributed by atoms with Gasteiger partial charge in [-0.25, -0.2) is 0 Å². The van der Waals surface area contributed by atoms with Crippen LogP contribution in [0.3, 0.4) is 0 Å². The van der Waals surface area contributed by atoms with E-state index in [0.717, 1.165) is 72.5 Å². The predicted octanol–water partition coefficient (Wildman–Crippen LogP) is 17.7. The van der Waals surface area contributed by atoms with Crippen molar-refractivity contribution in [3.63, 3.8) is 0 Å². The molecule has 1 unspecified atom stereocenters. The van der Waals surface area contributed by atoms with Gasteiger partial charge in [0, 0.05) is 25.7 Å². The van der Waals surface area contributed by atoms with Crippen molar-refractivity contribution < 1.29 is 14.2 Å². The van der Waals surface area contributed by atoms with E-state index in [1.807, 2.05) is 54.7 Å². The fourth-order valence-electron chi connectivity index (χ4n) is 9.65. The number of aromatic nitrogens is 2. The number of para-hydroxylation sites is 1. The van der Waals surface area contributed by atoms with Gasteiger partial charge in [0.2, 0.25) is 0 Å². The molecule has 0 radical (unpaired) electrons. The van der Waals surface area contributed by atoms with Gasteiger partial charge >= 0.3 is 0 Å². The molecule has 0 N–H and O–H groups in total. The Hall–Kier alpha value is -5.47. The maximum atomic E-state index is 8.38. The van der Waals surface area contributed by atoms with E-state index >= 15 is 0 Å². The first-order valence-electron chi connectivity index (χ1n) is 27.6. The molecule has 0 bridgehead atoms. The molecule has 8 heteroatoms. The standard InChI is InChI=1S/C15H22ClNO.C15H16.C14H24N2.C11H13NO.C11H16O/c1-11(2)12-4-5-15(14(16)10-12)18-13-6-8-17(3)9-7-13;1-4-5-12-8-14-7-6-13(11(2)3)10-15(14)9-12;1-4-14(12-7-5-6-8-12)16-10-13(9-15-16)11(2)3;1-9(2)10-5-3-4-6-11(10)13-8-7-12;1-8(2)10-5-6-11(12-4)9(3)7-10/h4-5,10-11,13H,6-9H2,1-3H3;1,6-7,9-11H,5,8H2,2-3H3;9-12,14H,4-8H2,1-3H3;3-6,9H,8H2,1-2H3;5-8H,1-4H3. The minimum Gasteiger partial charge on any atom is -0.496 e. The Labute approximate surface area is 454 Å². The topological polar surface area (TPSA) is 72.5 Å². The van der Waals surface area contributed by atoms with E-state index in [1.54, 1.807) is 7.11 Å². The van der Waals surface area contributed by atoms with E-state index in [2.05, 4.69) is 159 Å². The van der Waals surface area contributed by atoms with Gasteiger partial charge in [0.15, 0.2) is 6.61 Å². The van der Waals surface area contributed by atoms with Gasteiger partial charge < -0.3 is 19.1 Å². The highest BCUT2D eigenvalue weighted by atomic mass is 35.5. The van der Waals surface area contributed by atoms with Crippen LogP contribution in [0.5, 0.6) is 17.2 Å². The molecular weight excluding hydrogens is 932 g/mol. The van der Waals surface area contributed by atoms with Crippen molar-refractivity contribution in [1.82, 2.24) is 14.7 Å². The summed E-state index contributed by atoms with van der Waals surface area (Å²) in [4.78, 5) is 2.34. The van der Waals surface area contributed by atoms with Crippen LogP contribution in [-0.2, 0) is 6.42 Å². The lowest BCUT2D eigenvalue weighted by Gasteiger charge is -2.29. The number of allylic oxidation sites excluding steroid dienone is 1. The predicted molar refractivity (Wildman–Crippen MR) is 313 cm³/mol. The van der Waals surface area contributed by atoms with Crippen molar-refractivity contribution in [3.05, 3.63) is 146 Å². The van der Waals surface area contributed by atoms with Gasteiger partial charge in [0.25, 0.3) is 0 Å². The molecule has 74 heavy (non-hydrogen) atoms. The molecule has 7 nitrogen and oxygen atoms in total.